The number of nitrogens with one attached hydrogen (secondary N) is 4. The Morgan fingerprint density at radius 3 is 2.38 bits per heavy atom. The zero-order valence-corrected chi connectivity index (χ0v) is 22.6. The van der Waals surface area contributed by atoms with Gasteiger partial charge in [-0.15, -0.1) is 0 Å². The van der Waals surface area contributed by atoms with E-state index in [0.29, 0.717) is 53.4 Å². The molecule has 1 fully saturated rings. The number of rotatable bonds is 4. The number of hydrogen-bond acceptors (Lipinski definition) is 9. The van der Waals surface area contributed by atoms with Crippen LogP contribution in [0, 0.1) is 3.70 Å². The molecule has 0 saturated carbocycles. The van der Waals surface area contributed by atoms with E-state index in [4.69, 9.17) is 11.5 Å². The van der Waals surface area contributed by atoms with Crippen LogP contribution in [-0.4, -0.2) is 69.9 Å². The predicted octanol–water partition coefficient (Wildman–Crippen LogP) is 1.14. The summed E-state index contributed by atoms with van der Waals surface area (Å²) in [6.07, 6.45) is 1.33. The molecule has 2 aliphatic heterocycles. The van der Waals surface area contributed by atoms with Crippen LogP contribution in [0.5, 0.6) is 0 Å². The molecule has 0 radical (unpaired) electrons. The van der Waals surface area contributed by atoms with Crippen LogP contribution in [0.15, 0.2) is 29.3 Å². The smallest absolute Gasteiger partial charge is 0.319 e. The zero-order valence-electron chi connectivity index (χ0n) is 20.5. The number of guanidine groups is 1. The highest BCUT2D eigenvalue weighted by Crippen LogP contribution is 2.27. The summed E-state index contributed by atoms with van der Waals surface area (Å²) in [6, 6.07) is 6.55. The molecular formula is C23H29IN10O3. The number of urea groups is 1. The van der Waals surface area contributed by atoms with Gasteiger partial charge in [0.15, 0.2) is 23.3 Å². The van der Waals surface area contributed by atoms with Gasteiger partial charge in [-0.3, -0.25) is 19.9 Å². The maximum Gasteiger partial charge on any atom is 0.319 e. The molecule has 1 saturated heterocycles. The molecule has 1 aromatic heterocycles. The first kappa shape index (κ1) is 26.4. The molecule has 8 N–H and O–H groups in total. The topological polar surface area (TPSA) is 193 Å². The largest absolute Gasteiger partial charge is 0.382 e. The zero-order chi connectivity index (χ0) is 26.7. The minimum absolute atomic E-state index is 0.0220. The Morgan fingerprint density at radius 2 is 1.73 bits per heavy atom. The van der Waals surface area contributed by atoms with Gasteiger partial charge in [-0.1, -0.05) is 0 Å². The lowest BCUT2D eigenvalue weighted by atomic mass is 9.88. The molecule has 4 rings (SSSR count). The van der Waals surface area contributed by atoms with E-state index in [9.17, 15) is 14.4 Å². The van der Waals surface area contributed by atoms with Gasteiger partial charge in [-0.05, 0) is 73.5 Å². The third-order valence-corrected chi connectivity index (χ3v) is 6.89. The van der Waals surface area contributed by atoms with Crippen molar-refractivity contribution in [1.82, 2.24) is 30.8 Å². The summed E-state index contributed by atoms with van der Waals surface area (Å²) in [5.74, 6) is -0.167. The third kappa shape index (κ3) is 6.18. The molecule has 3 heterocycles. The number of nitrogens with zero attached hydrogens (tertiary/aromatic N) is 4. The summed E-state index contributed by atoms with van der Waals surface area (Å²) in [5.41, 5.74) is 12.3. The van der Waals surface area contributed by atoms with Gasteiger partial charge >= 0.3 is 6.03 Å². The number of nitrogen functional groups attached to an aromatic ring is 2. The van der Waals surface area contributed by atoms with Gasteiger partial charge in [0.2, 0.25) is 0 Å². The van der Waals surface area contributed by atoms with Gasteiger partial charge in [0.25, 0.3) is 11.8 Å². The lowest BCUT2D eigenvalue weighted by Gasteiger charge is -2.39. The molecule has 37 heavy (non-hydrogen) atoms. The van der Waals surface area contributed by atoms with Crippen LogP contribution in [0.25, 0.3) is 0 Å². The number of aliphatic imine (C=N–C) groups is 1. The highest BCUT2D eigenvalue weighted by Gasteiger charge is 2.40. The molecule has 4 amide bonds. The molecule has 14 heteroatoms. The molecule has 0 bridgehead atoms. The molecule has 0 aliphatic carbocycles. The number of benzene rings is 1. The number of likely N-dealkylation sites (tertiary alicyclic amines) is 1. The average molecular weight is 620 g/mol. The van der Waals surface area contributed by atoms with Gasteiger partial charge in [0, 0.05) is 30.4 Å². The highest BCUT2D eigenvalue weighted by molar-refractivity contribution is 14.1. The molecule has 13 nitrogen and oxygen atoms in total. The number of nitrogens with two attached hydrogens (primary N) is 2. The number of anilines is 3. The SMILES string of the molecule is CC(C)NC(=O)Nc1ccc(C(=O)N2CCC3(CC2)CN=C(NC(=O)c2nc(I)c(N)nc2N)N3)cc1. The van der Waals surface area contributed by atoms with Crippen molar-refractivity contribution < 1.29 is 14.4 Å². The predicted molar refractivity (Wildman–Crippen MR) is 148 cm³/mol. The Hall–Kier alpha value is -3.69. The summed E-state index contributed by atoms with van der Waals surface area (Å²) >= 11 is 1.88. The maximum atomic E-state index is 13.0. The van der Waals surface area contributed by atoms with Crippen LogP contribution in [-0.2, 0) is 0 Å². The first-order valence-electron chi connectivity index (χ1n) is 11.7. The van der Waals surface area contributed by atoms with Crippen molar-refractivity contribution in [3.8, 4) is 0 Å². The minimum atomic E-state index is -0.529. The van der Waals surface area contributed by atoms with Crippen LogP contribution < -0.4 is 32.7 Å². The summed E-state index contributed by atoms with van der Waals surface area (Å²) < 4.78 is 0.384. The first-order chi connectivity index (χ1) is 17.5. The van der Waals surface area contributed by atoms with Crippen molar-refractivity contribution >= 4 is 63.7 Å². The maximum absolute atomic E-state index is 13.0. The second-order valence-corrected chi connectivity index (χ2v) is 10.3. The van der Waals surface area contributed by atoms with Crippen LogP contribution in [0.2, 0.25) is 0 Å². The fraction of sp³-hybridized carbons (Fsp3) is 0.391. The number of hydrogen-bond donors (Lipinski definition) is 6. The molecule has 2 aromatic rings. The van der Waals surface area contributed by atoms with Crippen molar-refractivity contribution in [2.75, 3.05) is 36.4 Å². The van der Waals surface area contributed by atoms with E-state index in [1.165, 1.54) is 0 Å². The molecule has 0 atom stereocenters. The number of halogens is 1. The lowest BCUT2D eigenvalue weighted by molar-refractivity contribution is 0.0668. The normalized spacial score (nSPS) is 16.2. The van der Waals surface area contributed by atoms with Crippen molar-refractivity contribution in [1.29, 1.82) is 0 Å². The number of piperidine rings is 1. The number of carbonyl (C=O) groups excluding carboxylic acids is 3. The van der Waals surface area contributed by atoms with Crippen LogP contribution >= 0.6 is 22.6 Å². The summed E-state index contributed by atoms with van der Waals surface area (Å²) in [4.78, 5) is 51.8. The summed E-state index contributed by atoms with van der Waals surface area (Å²) in [6.45, 7) is 5.30. The highest BCUT2D eigenvalue weighted by atomic mass is 127. The van der Waals surface area contributed by atoms with E-state index in [1.807, 2.05) is 36.4 Å². The number of amides is 4. The van der Waals surface area contributed by atoms with E-state index in [1.54, 1.807) is 29.2 Å². The lowest BCUT2D eigenvalue weighted by Crippen LogP contribution is -2.57. The third-order valence-electron chi connectivity index (χ3n) is 6.09. The number of aromatic nitrogens is 2. The van der Waals surface area contributed by atoms with Gasteiger partial charge in [0.1, 0.15) is 3.70 Å². The summed E-state index contributed by atoms with van der Waals surface area (Å²) in [7, 11) is 0. The van der Waals surface area contributed by atoms with Crippen molar-refractivity contribution in [3.05, 3.63) is 39.2 Å². The Bertz CT molecular complexity index is 1240. The average Bonchev–Trinajstić information content (AvgIpc) is 3.23. The number of carbonyl (C=O) groups is 3. The van der Waals surface area contributed by atoms with E-state index in [2.05, 4.69) is 36.2 Å². The van der Waals surface area contributed by atoms with E-state index < -0.39 is 5.91 Å². The van der Waals surface area contributed by atoms with Crippen molar-refractivity contribution in [2.45, 2.75) is 38.3 Å². The standard InChI is InChI=1S/C23H29IN10O3/c1-12(2)28-22(37)29-14-5-3-13(4-6-14)20(36)34-9-7-23(8-10-34)11-27-21(33-23)32-19(35)15-17(25)31-18(26)16(24)30-15/h3-6,12H,7-11H2,1-2H3,(H4,25,26,31)(H2,28,29,37)(H2,27,32,33,35). The van der Waals surface area contributed by atoms with Crippen molar-refractivity contribution in [2.24, 2.45) is 4.99 Å². The Labute approximate surface area is 227 Å². The quantitative estimate of drug-likeness (QED) is 0.274. The molecule has 0 unspecified atom stereocenters. The summed E-state index contributed by atoms with van der Waals surface area (Å²) in [5, 5.41) is 11.5. The minimum Gasteiger partial charge on any atom is -0.382 e. The van der Waals surface area contributed by atoms with E-state index in [-0.39, 0.29) is 40.8 Å². The molecule has 196 valence electrons. The fourth-order valence-electron chi connectivity index (χ4n) is 4.14. The molecular weight excluding hydrogens is 591 g/mol. The molecule has 2 aliphatic rings. The van der Waals surface area contributed by atoms with Crippen LogP contribution in [0.3, 0.4) is 0 Å². The molecule has 1 spiro atoms. The molecule has 1 aromatic carbocycles. The van der Waals surface area contributed by atoms with Gasteiger partial charge in [-0.25, -0.2) is 14.8 Å². The van der Waals surface area contributed by atoms with Crippen molar-refractivity contribution in [3.63, 3.8) is 0 Å². The monoisotopic (exact) mass is 620 g/mol. The Balaban J connectivity index is 1.29. The second-order valence-electron chi connectivity index (χ2n) is 9.28. The second kappa shape index (κ2) is 10.7. The van der Waals surface area contributed by atoms with E-state index in [0.717, 1.165) is 0 Å². The van der Waals surface area contributed by atoms with E-state index >= 15 is 0 Å². The van der Waals surface area contributed by atoms with Crippen LogP contribution in [0.1, 0.15) is 47.5 Å². The van der Waals surface area contributed by atoms with Gasteiger partial charge in [0.05, 0.1) is 12.1 Å². The van der Waals surface area contributed by atoms with Gasteiger partial charge in [-0.2, -0.15) is 0 Å². The van der Waals surface area contributed by atoms with Crippen LogP contribution in [0.4, 0.5) is 22.1 Å². The Kier molecular flexibility index (Phi) is 7.65. The Morgan fingerprint density at radius 1 is 1.05 bits per heavy atom. The van der Waals surface area contributed by atoms with Gasteiger partial charge < -0.3 is 32.3 Å². The first-order valence-corrected chi connectivity index (χ1v) is 12.8. The fourth-order valence-corrected chi connectivity index (χ4v) is 4.50.